The molecular weight excluding hydrogens is 327 g/mol. The van der Waals surface area contributed by atoms with Crippen molar-refractivity contribution >= 4 is 11.6 Å². The molecule has 0 spiro atoms. The predicted octanol–water partition coefficient (Wildman–Crippen LogP) is 2.64. The summed E-state index contributed by atoms with van der Waals surface area (Å²) in [6.07, 6.45) is -3.21. The number of allylic oxidation sites excluding steroid dienone is 2. The van der Waals surface area contributed by atoms with Gasteiger partial charge in [-0.1, -0.05) is 0 Å². The minimum absolute atomic E-state index is 0.277. The van der Waals surface area contributed by atoms with Crippen molar-refractivity contribution in [1.82, 2.24) is 0 Å². The van der Waals surface area contributed by atoms with Gasteiger partial charge in [-0.2, -0.15) is 17.9 Å². The van der Waals surface area contributed by atoms with E-state index >= 15 is 0 Å². The first-order valence-corrected chi connectivity index (χ1v) is 7.45. The number of halogens is 3. The first-order valence-electron chi connectivity index (χ1n) is 7.45. The van der Waals surface area contributed by atoms with Gasteiger partial charge in [0, 0.05) is 24.8 Å². The molecule has 1 saturated carbocycles. The van der Waals surface area contributed by atoms with Crippen LogP contribution in [0.4, 0.5) is 13.2 Å². The summed E-state index contributed by atoms with van der Waals surface area (Å²) in [6, 6.07) is 1.38. The SMILES string of the molecule is Cc1c(C(=O)C2=C(O)C3CCC(C3)C2=O)ccc(C(F)(F)F)[n+]1[O-]. The van der Waals surface area contributed by atoms with Gasteiger partial charge in [-0.3, -0.25) is 9.59 Å². The van der Waals surface area contributed by atoms with E-state index in [0.717, 1.165) is 13.0 Å². The molecule has 1 aromatic heterocycles. The number of aromatic nitrogens is 1. The third-order valence-electron chi connectivity index (χ3n) is 4.78. The number of aliphatic hydroxyl groups is 1. The minimum Gasteiger partial charge on any atom is -0.618 e. The highest BCUT2D eigenvalue weighted by atomic mass is 19.4. The lowest BCUT2D eigenvalue weighted by Gasteiger charge is -2.21. The summed E-state index contributed by atoms with van der Waals surface area (Å²) in [5, 5.41) is 22.0. The molecule has 0 saturated heterocycles. The molecule has 2 unspecified atom stereocenters. The van der Waals surface area contributed by atoms with Crippen LogP contribution in [0.25, 0.3) is 0 Å². The molecule has 8 heteroatoms. The number of hydrogen-bond acceptors (Lipinski definition) is 4. The zero-order valence-corrected chi connectivity index (χ0v) is 12.7. The summed E-state index contributed by atoms with van der Waals surface area (Å²) in [7, 11) is 0. The molecule has 3 rings (SSSR count). The van der Waals surface area contributed by atoms with Crippen molar-refractivity contribution in [2.75, 3.05) is 0 Å². The van der Waals surface area contributed by atoms with Crippen LogP contribution in [0.3, 0.4) is 0 Å². The van der Waals surface area contributed by atoms with Crippen molar-refractivity contribution in [2.45, 2.75) is 32.4 Å². The number of aliphatic hydroxyl groups excluding tert-OH is 1. The standard InChI is InChI=1S/C16H14F3NO4/c1-7-10(4-5-11(20(7)24)16(17,18)19)15(23)12-13(21)8-2-3-9(6-8)14(12)22/h4-5,8-9,21H,2-3,6H2,1H3. The zero-order valence-electron chi connectivity index (χ0n) is 12.7. The fourth-order valence-electron chi connectivity index (χ4n) is 3.46. The van der Waals surface area contributed by atoms with Crippen molar-refractivity contribution in [1.29, 1.82) is 0 Å². The number of pyridine rings is 1. The van der Waals surface area contributed by atoms with Gasteiger partial charge in [0.05, 0.1) is 5.56 Å². The Morgan fingerprint density at radius 3 is 2.54 bits per heavy atom. The van der Waals surface area contributed by atoms with Crippen molar-refractivity contribution in [3.8, 4) is 0 Å². The van der Waals surface area contributed by atoms with Crippen LogP contribution in [0.2, 0.25) is 0 Å². The van der Waals surface area contributed by atoms with Crippen LogP contribution in [0.1, 0.15) is 41.0 Å². The molecule has 128 valence electrons. The van der Waals surface area contributed by atoms with E-state index in [0.29, 0.717) is 25.3 Å². The van der Waals surface area contributed by atoms with Gasteiger partial charge >= 0.3 is 6.18 Å². The van der Waals surface area contributed by atoms with E-state index in [4.69, 9.17) is 0 Å². The smallest absolute Gasteiger partial charge is 0.478 e. The van der Waals surface area contributed by atoms with Crippen molar-refractivity contribution < 1.29 is 32.6 Å². The van der Waals surface area contributed by atoms with Crippen LogP contribution < -0.4 is 4.73 Å². The van der Waals surface area contributed by atoms with Gasteiger partial charge in [-0.15, -0.1) is 0 Å². The summed E-state index contributed by atoms with van der Waals surface area (Å²) in [4.78, 5) is 24.9. The summed E-state index contributed by atoms with van der Waals surface area (Å²) in [6.45, 7) is 1.08. The largest absolute Gasteiger partial charge is 0.618 e. The van der Waals surface area contributed by atoms with Crippen LogP contribution in [0.15, 0.2) is 23.5 Å². The average molecular weight is 341 g/mol. The van der Waals surface area contributed by atoms with Crippen molar-refractivity contribution in [3.05, 3.63) is 45.6 Å². The van der Waals surface area contributed by atoms with Gasteiger partial charge in [-0.25, -0.2) is 0 Å². The lowest BCUT2D eigenvalue weighted by atomic mass is 9.83. The fourth-order valence-corrected chi connectivity index (χ4v) is 3.46. The Hall–Kier alpha value is -2.38. The molecule has 0 aromatic carbocycles. The second-order valence-electron chi connectivity index (χ2n) is 6.17. The first-order chi connectivity index (χ1) is 11.1. The molecule has 2 aliphatic rings. The van der Waals surface area contributed by atoms with Crippen LogP contribution >= 0.6 is 0 Å². The fraction of sp³-hybridized carbons (Fsp3) is 0.438. The van der Waals surface area contributed by atoms with Crippen LogP contribution in [-0.2, 0) is 11.0 Å². The van der Waals surface area contributed by atoms with Crippen molar-refractivity contribution in [3.63, 3.8) is 0 Å². The Labute approximate surface area is 135 Å². The van der Waals surface area contributed by atoms with E-state index < -0.39 is 34.7 Å². The Kier molecular flexibility index (Phi) is 3.65. The molecule has 2 atom stereocenters. The van der Waals surface area contributed by atoms with Gasteiger partial charge < -0.3 is 10.3 Å². The number of alkyl halides is 3. The van der Waals surface area contributed by atoms with E-state index in [2.05, 4.69) is 0 Å². The van der Waals surface area contributed by atoms with Gasteiger partial charge in [-0.05, 0) is 25.3 Å². The molecule has 0 aliphatic heterocycles. The Morgan fingerprint density at radius 1 is 1.29 bits per heavy atom. The lowest BCUT2D eigenvalue weighted by Crippen LogP contribution is -2.41. The highest BCUT2D eigenvalue weighted by Gasteiger charge is 2.45. The van der Waals surface area contributed by atoms with Crippen LogP contribution in [0, 0.1) is 24.0 Å². The van der Waals surface area contributed by atoms with Gasteiger partial charge in [0.1, 0.15) is 11.3 Å². The summed E-state index contributed by atoms with van der Waals surface area (Å²) in [5.74, 6) is -2.33. The summed E-state index contributed by atoms with van der Waals surface area (Å²) in [5.41, 5.74) is -2.60. The molecule has 1 fully saturated rings. The number of carbonyl (C=O) groups excluding carboxylic acids is 2. The number of rotatable bonds is 2. The number of carbonyl (C=O) groups is 2. The van der Waals surface area contributed by atoms with Gasteiger partial charge in [0.15, 0.2) is 5.78 Å². The average Bonchev–Trinajstić information content (AvgIpc) is 2.94. The molecule has 2 aliphatic carbocycles. The van der Waals surface area contributed by atoms with Crippen molar-refractivity contribution in [2.24, 2.45) is 11.8 Å². The van der Waals surface area contributed by atoms with E-state index in [1.165, 1.54) is 0 Å². The molecule has 5 nitrogen and oxygen atoms in total. The van der Waals surface area contributed by atoms with Gasteiger partial charge in [0.2, 0.25) is 11.5 Å². The number of hydrogen-bond donors (Lipinski definition) is 1. The molecule has 1 N–H and O–H groups in total. The highest BCUT2D eigenvalue weighted by Crippen LogP contribution is 2.43. The molecule has 0 amide bonds. The first kappa shape index (κ1) is 16.5. The molecule has 24 heavy (non-hydrogen) atoms. The minimum atomic E-state index is -4.85. The third-order valence-corrected chi connectivity index (χ3v) is 4.78. The van der Waals surface area contributed by atoms with E-state index in [9.17, 15) is 33.1 Å². The van der Waals surface area contributed by atoms with Crippen LogP contribution in [0.5, 0.6) is 0 Å². The number of Topliss-reactive ketones (excluding diaryl/α,β-unsaturated/α-hetero) is 2. The highest BCUT2D eigenvalue weighted by molar-refractivity contribution is 6.27. The monoisotopic (exact) mass is 341 g/mol. The quantitative estimate of drug-likeness (QED) is 0.388. The summed E-state index contributed by atoms with van der Waals surface area (Å²) < 4.78 is 37.9. The normalized spacial score (nSPS) is 23.8. The second kappa shape index (κ2) is 5.32. The molecule has 2 bridgehead atoms. The second-order valence-corrected chi connectivity index (χ2v) is 6.17. The summed E-state index contributed by atoms with van der Waals surface area (Å²) >= 11 is 0. The maximum Gasteiger partial charge on any atom is 0.478 e. The van der Waals surface area contributed by atoms with E-state index in [1.54, 1.807) is 0 Å². The molecule has 1 heterocycles. The number of fused-ring (bicyclic) bond motifs is 2. The topological polar surface area (TPSA) is 81.3 Å². The Bertz CT molecular complexity index is 782. The number of ketones is 2. The predicted molar refractivity (Wildman–Crippen MR) is 75.0 cm³/mol. The lowest BCUT2D eigenvalue weighted by molar-refractivity contribution is -0.635. The van der Waals surface area contributed by atoms with E-state index in [-0.39, 0.29) is 27.9 Å². The Morgan fingerprint density at radius 2 is 1.92 bits per heavy atom. The maximum absolute atomic E-state index is 12.7. The van der Waals surface area contributed by atoms with Gasteiger partial charge in [0.25, 0.3) is 5.69 Å². The van der Waals surface area contributed by atoms with E-state index in [1.807, 2.05) is 0 Å². The number of nitrogens with zero attached hydrogens (tertiary/aromatic N) is 1. The molecular formula is C16H14F3NO4. The Balaban J connectivity index is 2.07. The molecule has 0 radical (unpaired) electrons. The maximum atomic E-state index is 12.7. The third kappa shape index (κ3) is 2.37. The van der Waals surface area contributed by atoms with Crippen LogP contribution in [-0.4, -0.2) is 16.7 Å². The zero-order chi connectivity index (χ0) is 17.8. The molecule has 1 aromatic rings.